The van der Waals surface area contributed by atoms with Crippen LogP contribution >= 0.6 is 0 Å². The van der Waals surface area contributed by atoms with Crippen LogP contribution in [0.1, 0.15) is 52.4 Å². The molecule has 0 aliphatic carbocycles. The summed E-state index contributed by atoms with van der Waals surface area (Å²) >= 11 is 0. The Bertz CT molecular complexity index is 247. The molecule has 3 nitrogen and oxygen atoms in total. The first kappa shape index (κ1) is 14.3. The van der Waals surface area contributed by atoms with Crippen molar-refractivity contribution in [2.45, 2.75) is 64.0 Å². The molecule has 0 radical (unpaired) electrons. The minimum absolute atomic E-state index is 0.0637. The predicted molar refractivity (Wildman–Crippen MR) is 73.7 cm³/mol. The SMILES string of the molecule is CCC(C)(C(O)C1CCCOC1)N1CCCCC1. The van der Waals surface area contributed by atoms with Gasteiger partial charge >= 0.3 is 0 Å². The van der Waals surface area contributed by atoms with E-state index in [-0.39, 0.29) is 11.6 Å². The number of piperidine rings is 1. The maximum atomic E-state index is 10.8. The molecular weight excluding hydrogens is 226 g/mol. The van der Waals surface area contributed by atoms with Crippen LogP contribution in [-0.2, 0) is 4.74 Å². The third kappa shape index (κ3) is 2.89. The Morgan fingerprint density at radius 3 is 2.56 bits per heavy atom. The van der Waals surface area contributed by atoms with Crippen molar-refractivity contribution in [3.8, 4) is 0 Å². The van der Waals surface area contributed by atoms with E-state index in [4.69, 9.17) is 4.74 Å². The van der Waals surface area contributed by atoms with Crippen LogP contribution in [-0.4, -0.2) is 48.0 Å². The van der Waals surface area contributed by atoms with E-state index in [0.717, 1.165) is 45.6 Å². The van der Waals surface area contributed by atoms with E-state index in [1.807, 2.05) is 0 Å². The van der Waals surface area contributed by atoms with Crippen LogP contribution in [0.2, 0.25) is 0 Å². The van der Waals surface area contributed by atoms with E-state index in [2.05, 4.69) is 18.7 Å². The highest BCUT2D eigenvalue weighted by molar-refractivity contribution is 4.96. The molecule has 106 valence electrons. The summed E-state index contributed by atoms with van der Waals surface area (Å²) in [5, 5.41) is 10.8. The first-order valence-corrected chi connectivity index (χ1v) is 7.69. The van der Waals surface area contributed by atoms with Gasteiger partial charge in [0, 0.05) is 18.1 Å². The van der Waals surface area contributed by atoms with E-state index in [1.165, 1.54) is 19.3 Å². The standard InChI is InChI=1S/C15H29NO2/c1-3-15(2,16-9-5-4-6-10-16)14(17)13-8-7-11-18-12-13/h13-14,17H,3-12H2,1-2H3. The van der Waals surface area contributed by atoms with Crippen molar-refractivity contribution in [1.29, 1.82) is 0 Å². The summed E-state index contributed by atoms with van der Waals surface area (Å²) in [7, 11) is 0. The first-order valence-electron chi connectivity index (χ1n) is 7.69. The number of aliphatic hydroxyl groups is 1. The zero-order valence-corrected chi connectivity index (χ0v) is 12.0. The van der Waals surface area contributed by atoms with Crippen molar-refractivity contribution in [2.75, 3.05) is 26.3 Å². The molecule has 3 heteroatoms. The molecule has 2 aliphatic rings. The van der Waals surface area contributed by atoms with E-state index in [0.29, 0.717) is 5.92 Å². The topological polar surface area (TPSA) is 32.7 Å². The van der Waals surface area contributed by atoms with Gasteiger partial charge in [0.1, 0.15) is 0 Å². The second-order valence-corrected chi connectivity index (χ2v) is 6.18. The van der Waals surface area contributed by atoms with Crippen LogP contribution in [0.15, 0.2) is 0 Å². The van der Waals surface area contributed by atoms with Crippen molar-refractivity contribution in [3.63, 3.8) is 0 Å². The molecule has 2 rings (SSSR count). The monoisotopic (exact) mass is 255 g/mol. The normalized spacial score (nSPS) is 31.8. The molecular formula is C15H29NO2. The van der Waals surface area contributed by atoms with E-state index < -0.39 is 0 Å². The Morgan fingerprint density at radius 1 is 1.28 bits per heavy atom. The highest BCUT2D eigenvalue weighted by atomic mass is 16.5. The molecule has 2 heterocycles. The van der Waals surface area contributed by atoms with Gasteiger partial charge in [0.2, 0.25) is 0 Å². The molecule has 0 spiro atoms. The van der Waals surface area contributed by atoms with Crippen molar-refractivity contribution in [3.05, 3.63) is 0 Å². The first-order chi connectivity index (χ1) is 8.68. The number of ether oxygens (including phenoxy) is 1. The molecule has 0 bridgehead atoms. The van der Waals surface area contributed by atoms with Gasteiger partial charge in [-0.1, -0.05) is 13.3 Å². The molecule has 1 N–H and O–H groups in total. The molecule has 0 saturated carbocycles. The molecule has 2 aliphatic heterocycles. The Balaban J connectivity index is 2.03. The summed E-state index contributed by atoms with van der Waals surface area (Å²) in [5.74, 6) is 0.325. The van der Waals surface area contributed by atoms with Crippen LogP contribution in [0.4, 0.5) is 0 Å². The van der Waals surface area contributed by atoms with Gasteiger partial charge in [0.05, 0.1) is 12.7 Å². The lowest BCUT2D eigenvalue weighted by atomic mass is 9.79. The highest BCUT2D eigenvalue weighted by Gasteiger charge is 2.42. The zero-order valence-electron chi connectivity index (χ0n) is 12.0. The van der Waals surface area contributed by atoms with Gasteiger partial charge in [-0.15, -0.1) is 0 Å². The molecule has 0 aromatic rings. The zero-order chi connectivity index (χ0) is 13.0. The Kier molecular flexibility index (Phi) is 5.05. The van der Waals surface area contributed by atoms with Crippen LogP contribution < -0.4 is 0 Å². The van der Waals surface area contributed by atoms with E-state index >= 15 is 0 Å². The Labute approximate surface area is 112 Å². The van der Waals surface area contributed by atoms with E-state index in [9.17, 15) is 5.11 Å². The molecule has 0 aromatic carbocycles. The third-order valence-electron chi connectivity index (χ3n) is 5.07. The van der Waals surface area contributed by atoms with Gasteiger partial charge in [-0.3, -0.25) is 4.90 Å². The predicted octanol–water partition coefficient (Wildman–Crippen LogP) is 2.43. The third-order valence-corrected chi connectivity index (χ3v) is 5.07. The number of rotatable bonds is 4. The number of hydrogen-bond acceptors (Lipinski definition) is 3. The smallest absolute Gasteiger partial charge is 0.0771 e. The van der Waals surface area contributed by atoms with Crippen molar-refractivity contribution >= 4 is 0 Å². The van der Waals surface area contributed by atoms with Crippen LogP contribution in [0.5, 0.6) is 0 Å². The van der Waals surface area contributed by atoms with Gasteiger partial charge in [-0.25, -0.2) is 0 Å². The molecule has 2 saturated heterocycles. The van der Waals surface area contributed by atoms with Crippen molar-refractivity contribution < 1.29 is 9.84 Å². The summed E-state index contributed by atoms with van der Waals surface area (Å²) < 4.78 is 5.55. The van der Waals surface area contributed by atoms with E-state index in [1.54, 1.807) is 0 Å². The number of nitrogens with zero attached hydrogens (tertiary/aromatic N) is 1. The maximum absolute atomic E-state index is 10.8. The molecule has 0 aromatic heterocycles. The summed E-state index contributed by atoms with van der Waals surface area (Å²) in [6.07, 6.45) is 6.89. The van der Waals surface area contributed by atoms with Gasteiger partial charge in [-0.2, -0.15) is 0 Å². The average Bonchev–Trinajstić information content (AvgIpc) is 2.47. The number of aliphatic hydroxyl groups excluding tert-OH is 1. The summed E-state index contributed by atoms with van der Waals surface area (Å²) in [6.45, 7) is 8.36. The lowest BCUT2D eigenvalue weighted by Gasteiger charge is -2.48. The highest BCUT2D eigenvalue weighted by Crippen LogP contribution is 2.33. The fraction of sp³-hybridized carbons (Fsp3) is 1.00. The fourth-order valence-electron chi connectivity index (χ4n) is 3.55. The average molecular weight is 255 g/mol. The fourth-order valence-corrected chi connectivity index (χ4v) is 3.55. The molecule has 18 heavy (non-hydrogen) atoms. The minimum atomic E-state index is -0.249. The summed E-state index contributed by atoms with van der Waals surface area (Å²) in [6, 6.07) is 0. The largest absolute Gasteiger partial charge is 0.391 e. The maximum Gasteiger partial charge on any atom is 0.0771 e. The molecule has 3 atom stereocenters. The van der Waals surface area contributed by atoms with Crippen LogP contribution in [0.3, 0.4) is 0 Å². The Morgan fingerprint density at radius 2 is 2.00 bits per heavy atom. The second kappa shape index (κ2) is 6.36. The van der Waals surface area contributed by atoms with Crippen LogP contribution in [0.25, 0.3) is 0 Å². The molecule has 0 amide bonds. The quantitative estimate of drug-likeness (QED) is 0.837. The van der Waals surface area contributed by atoms with Gasteiger partial charge in [0.15, 0.2) is 0 Å². The lowest BCUT2D eigenvalue weighted by molar-refractivity contribution is -0.0935. The lowest BCUT2D eigenvalue weighted by Crippen LogP contribution is -2.59. The van der Waals surface area contributed by atoms with Gasteiger partial charge < -0.3 is 9.84 Å². The second-order valence-electron chi connectivity index (χ2n) is 6.18. The Hall–Kier alpha value is -0.120. The molecule has 2 fully saturated rings. The van der Waals surface area contributed by atoms with Crippen LogP contribution in [0, 0.1) is 5.92 Å². The summed E-state index contributed by atoms with van der Waals surface area (Å²) in [5.41, 5.74) is -0.0637. The van der Waals surface area contributed by atoms with Gasteiger partial charge in [0.25, 0.3) is 0 Å². The van der Waals surface area contributed by atoms with Crippen molar-refractivity contribution in [2.24, 2.45) is 5.92 Å². The molecule has 3 unspecified atom stereocenters. The van der Waals surface area contributed by atoms with Gasteiger partial charge in [-0.05, 0) is 52.1 Å². The summed E-state index contributed by atoms with van der Waals surface area (Å²) in [4.78, 5) is 2.52. The van der Waals surface area contributed by atoms with Crippen molar-refractivity contribution in [1.82, 2.24) is 4.90 Å². The number of likely N-dealkylation sites (tertiary alicyclic amines) is 1. The number of hydrogen-bond donors (Lipinski definition) is 1. The minimum Gasteiger partial charge on any atom is -0.391 e.